The normalized spacial score (nSPS) is 13.1. The maximum atomic E-state index is 12.4. The van der Waals surface area contributed by atoms with E-state index in [2.05, 4.69) is 20.7 Å². The minimum Gasteiger partial charge on any atom is -0.207 e. The number of halogens is 1. The number of rotatable bonds is 5. The minimum atomic E-state index is -3.51. The van der Waals surface area contributed by atoms with Crippen molar-refractivity contribution in [3.8, 4) is 0 Å². The Hall–Kier alpha value is -1.17. The quantitative estimate of drug-likeness (QED) is 0.886. The van der Waals surface area contributed by atoms with Gasteiger partial charge in [-0.15, -0.1) is 0 Å². The van der Waals surface area contributed by atoms with Crippen molar-refractivity contribution in [2.75, 3.05) is 0 Å². The van der Waals surface area contributed by atoms with Gasteiger partial charge in [0.05, 0.1) is 4.90 Å². The van der Waals surface area contributed by atoms with Crippen LogP contribution in [0.3, 0.4) is 0 Å². The molecule has 2 aromatic carbocycles. The van der Waals surface area contributed by atoms with Gasteiger partial charge in [0.25, 0.3) is 0 Å². The smallest absolute Gasteiger partial charge is 0.207 e. The molecule has 0 aliphatic heterocycles. The van der Waals surface area contributed by atoms with E-state index in [4.69, 9.17) is 0 Å². The Bertz CT molecular complexity index is 654. The lowest BCUT2D eigenvalue weighted by Gasteiger charge is -2.17. The van der Waals surface area contributed by atoms with Crippen molar-refractivity contribution >= 4 is 26.0 Å². The van der Waals surface area contributed by atoms with Crippen molar-refractivity contribution in [2.24, 2.45) is 0 Å². The van der Waals surface area contributed by atoms with Gasteiger partial charge < -0.3 is 0 Å². The summed E-state index contributed by atoms with van der Waals surface area (Å²) in [5.74, 6) is 0. The van der Waals surface area contributed by atoms with Crippen LogP contribution >= 0.6 is 15.9 Å². The minimum absolute atomic E-state index is 0.218. The van der Waals surface area contributed by atoms with Crippen LogP contribution in [0.2, 0.25) is 0 Å². The van der Waals surface area contributed by atoms with Crippen molar-refractivity contribution < 1.29 is 8.42 Å². The summed E-state index contributed by atoms with van der Waals surface area (Å²) < 4.78 is 28.3. The summed E-state index contributed by atoms with van der Waals surface area (Å²) in [6.45, 7) is 1.96. The fourth-order valence-electron chi connectivity index (χ4n) is 1.94. The fraction of sp³-hybridized carbons (Fsp3) is 0.200. The Kier molecular flexibility index (Phi) is 4.96. The number of sulfonamides is 1. The highest BCUT2D eigenvalue weighted by Gasteiger charge is 2.19. The van der Waals surface area contributed by atoms with Crippen LogP contribution in [0.5, 0.6) is 0 Å². The molecule has 3 nitrogen and oxygen atoms in total. The van der Waals surface area contributed by atoms with E-state index < -0.39 is 10.0 Å². The second kappa shape index (κ2) is 6.52. The number of benzene rings is 2. The van der Waals surface area contributed by atoms with Gasteiger partial charge >= 0.3 is 0 Å². The molecule has 5 heteroatoms. The number of hydrogen-bond acceptors (Lipinski definition) is 2. The Morgan fingerprint density at radius 2 is 1.65 bits per heavy atom. The molecule has 0 spiro atoms. The summed E-state index contributed by atoms with van der Waals surface area (Å²) >= 11 is 3.30. The van der Waals surface area contributed by atoms with Crippen LogP contribution < -0.4 is 4.72 Å². The molecule has 2 aromatic rings. The van der Waals surface area contributed by atoms with E-state index in [0.717, 1.165) is 10.0 Å². The van der Waals surface area contributed by atoms with Crippen molar-refractivity contribution in [3.05, 3.63) is 64.6 Å². The first kappa shape index (κ1) is 15.2. The standard InChI is InChI=1S/C15H16BrNO2S/c1-2-15(12-6-4-3-5-7-12)17-20(18,19)14-10-8-13(16)9-11-14/h3-11,15,17H,2H2,1H3/t15-/m1/s1. The molecule has 0 radical (unpaired) electrons. The maximum Gasteiger partial charge on any atom is 0.241 e. The maximum absolute atomic E-state index is 12.4. The Morgan fingerprint density at radius 3 is 2.20 bits per heavy atom. The van der Waals surface area contributed by atoms with Crippen LogP contribution in [0.15, 0.2) is 64.0 Å². The Labute approximate surface area is 128 Å². The monoisotopic (exact) mass is 353 g/mol. The highest BCUT2D eigenvalue weighted by molar-refractivity contribution is 9.10. The molecule has 0 unspecified atom stereocenters. The molecule has 0 aliphatic rings. The van der Waals surface area contributed by atoms with Crippen LogP contribution in [0.25, 0.3) is 0 Å². The SMILES string of the molecule is CC[C@@H](NS(=O)(=O)c1ccc(Br)cc1)c1ccccc1. The van der Waals surface area contributed by atoms with Crippen molar-refractivity contribution in [1.29, 1.82) is 0 Å². The molecule has 0 saturated carbocycles. The summed E-state index contributed by atoms with van der Waals surface area (Å²) in [5.41, 5.74) is 0.968. The molecule has 0 aliphatic carbocycles. The van der Waals surface area contributed by atoms with E-state index >= 15 is 0 Å². The Morgan fingerprint density at radius 1 is 1.05 bits per heavy atom. The summed E-state index contributed by atoms with van der Waals surface area (Å²) in [5, 5.41) is 0. The van der Waals surface area contributed by atoms with Gasteiger partial charge in [-0.3, -0.25) is 0 Å². The van der Waals surface area contributed by atoms with E-state index in [-0.39, 0.29) is 10.9 Å². The third kappa shape index (κ3) is 3.69. The molecule has 1 N–H and O–H groups in total. The third-order valence-corrected chi connectivity index (χ3v) is 5.05. The van der Waals surface area contributed by atoms with Crippen LogP contribution in [-0.2, 0) is 10.0 Å². The summed E-state index contributed by atoms with van der Waals surface area (Å²) in [6.07, 6.45) is 0.694. The van der Waals surface area contributed by atoms with Crippen molar-refractivity contribution in [3.63, 3.8) is 0 Å². The molecule has 0 amide bonds. The van der Waals surface area contributed by atoms with Gasteiger partial charge in [-0.1, -0.05) is 53.2 Å². The largest absolute Gasteiger partial charge is 0.241 e. The van der Waals surface area contributed by atoms with Gasteiger partial charge in [0, 0.05) is 10.5 Å². The van der Waals surface area contributed by atoms with E-state index in [9.17, 15) is 8.42 Å². The fourth-order valence-corrected chi connectivity index (χ4v) is 3.51. The average molecular weight is 354 g/mol. The lowest BCUT2D eigenvalue weighted by atomic mass is 10.1. The first-order valence-corrected chi connectivity index (χ1v) is 8.63. The molecule has 0 aromatic heterocycles. The van der Waals surface area contributed by atoms with Gasteiger partial charge in [-0.05, 0) is 36.2 Å². The molecule has 0 heterocycles. The Balaban J connectivity index is 2.24. The molecular weight excluding hydrogens is 338 g/mol. The predicted molar refractivity (Wildman–Crippen MR) is 83.9 cm³/mol. The highest BCUT2D eigenvalue weighted by Crippen LogP contribution is 2.21. The number of hydrogen-bond donors (Lipinski definition) is 1. The molecule has 1 atom stereocenters. The second-order valence-corrected chi connectivity index (χ2v) is 7.08. The van der Waals surface area contributed by atoms with Gasteiger partial charge in [-0.25, -0.2) is 13.1 Å². The lowest BCUT2D eigenvalue weighted by molar-refractivity contribution is 0.550. The molecule has 2 rings (SSSR count). The molecule has 0 bridgehead atoms. The average Bonchev–Trinajstić information content (AvgIpc) is 2.46. The molecule has 106 valence electrons. The number of nitrogens with one attached hydrogen (secondary N) is 1. The van der Waals surface area contributed by atoms with Crippen LogP contribution in [0.1, 0.15) is 24.9 Å². The van der Waals surface area contributed by atoms with Crippen LogP contribution in [-0.4, -0.2) is 8.42 Å². The van der Waals surface area contributed by atoms with Crippen LogP contribution in [0.4, 0.5) is 0 Å². The van der Waals surface area contributed by atoms with Gasteiger partial charge in [0.15, 0.2) is 0 Å². The molecule has 0 saturated heterocycles. The van der Waals surface area contributed by atoms with E-state index in [1.165, 1.54) is 0 Å². The third-order valence-electron chi connectivity index (χ3n) is 3.03. The summed E-state index contributed by atoms with van der Waals surface area (Å²) in [4.78, 5) is 0.273. The van der Waals surface area contributed by atoms with Gasteiger partial charge in [-0.2, -0.15) is 0 Å². The van der Waals surface area contributed by atoms with E-state index in [0.29, 0.717) is 6.42 Å². The van der Waals surface area contributed by atoms with Crippen LogP contribution in [0, 0.1) is 0 Å². The van der Waals surface area contributed by atoms with E-state index in [1.54, 1.807) is 24.3 Å². The summed E-state index contributed by atoms with van der Waals surface area (Å²) in [6, 6.07) is 16.0. The first-order chi connectivity index (χ1) is 9.53. The van der Waals surface area contributed by atoms with E-state index in [1.807, 2.05) is 37.3 Å². The zero-order valence-corrected chi connectivity index (χ0v) is 13.5. The second-order valence-electron chi connectivity index (χ2n) is 4.45. The van der Waals surface area contributed by atoms with Gasteiger partial charge in [0.2, 0.25) is 10.0 Å². The molecule has 0 fully saturated rings. The topological polar surface area (TPSA) is 46.2 Å². The van der Waals surface area contributed by atoms with Gasteiger partial charge in [0.1, 0.15) is 0 Å². The van der Waals surface area contributed by atoms with Crippen molar-refractivity contribution in [1.82, 2.24) is 4.72 Å². The highest BCUT2D eigenvalue weighted by atomic mass is 79.9. The predicted octanol–water partition coefficient (Wildman–Crippen LogP) is 3.88. The zero-order chi connectivity index (χ0) is 14.6. The molecular formula is C15H16BrNO2S. The summed E-state index contributed by atoms with van der Waals surface area (Å²) in [7, 11) is -3.51. The zero-order valence-electron chi connectivity index (χ0n) is 11.1. The van der Waals surface area contributed by atoms with Crippen molar-refractivity contribution in [2.45, 2.75) is 24.3 Å². The molecule has 20 heavy (non-hydrogen) atoms. The first-order valence-electron chi connectivity index (χ1n) is 6.36. The lowest BCUT2D eigenvalue weighted by Crippen LogP contribution is -2.28.